The molecule has 0 saturated heterocycles. The highest BCUT2D eigenvalue weighted by molar-refractivity contribution is 7.75. The molecule has 0 aromatic carbocycles. The fourth-order valence-electron chi connectivity index (χ4n) is 2.76. The highest BCUT2D eigenvalue weighted by Gasteiger charge is 2.34. The van der Waals surface area contributed by atoms with E-state index in [0.29, 0.717) is 0 Å². The molecular weight excluding hydrogens is 307 g/mol. The first-order valence-corrected chi connectivity index (χ1v) is 12.2. The lowest BCUT2D eigenvalue weighted by molar-refractivity contribution is -0.282. The lowest BCUT2D eigenvalue weighted by atomic mass is 10.4. The zero-order valence-electron chi connectivity index (χ0n) is 16.4. The van der Waals surface area contributed by atoms with Gasteiger partial charge in [0, 0.05) is 13.9 Å². The van der Waals surface area contributed by atoms with Crippen LogP contribution in [0.5, 0.6) is 0 Å². The Hall–Kier alpha value is -0.300. The number of ether oxygens (including phenoxy) is 1. The van der Waals surface area contributed by atoms with Gasteiger partial charge in [-0.15, -0.1) is 0 Å². The minimum Gasteiger partial charge on any atom is -0.550 e. The first-order chi connectivity index (χ1) is 11.0. The smallest absolute Gasteiger partial charge is 0.251 e. The SMILES string of the molecule is CCCC[P+](CCCC)(CCCC)CCCC.CCOC(=O)[O-]. The first kappa shape index (κ1) is 24.9. The van der Waals surface area contributed by atoms with Crippen molar-refractivity contribution in [2.45, 2.75) is 86.0 Å². The molecule has 0 unspecified atom stereocenters. The van der Waals surface area contributed by atoms with Gasteiger partial charge < -0.3 is 14.6 Å². The third-order valence-corrected chi connectivity index (χ3v) is 9.27. The Bertz CT molecular complexity index is 219. The summed E-state index contributed by atoms with van der Waals surface area (Å²) >= 11 is 0. The van der Waals surface area contributed by atoms with Crippen LogP contribution in [0.4, 0.5) is 4.79 Å². The second-order valence-electron chi connectivity index (χ2n) is 6.33. The van der Waals surface area contributed by atoms with Crippen LogP contribution in [0.3, 0.4) is 0 Å². The molecule has 0 aromatic rings. The van der Waals surface area contributed by atoms with E-state index < -0.39 is 13.4 Å². The maximum Gasteiger partial charge on any atom is 0.251 e. The van der Waals surface area contributed by atoms with Crippen molar-refractivity contribution in [3.05, 3.63) is 0 Å². The van der Waals surface area contributed by atoms with E-state index >= 15 is 0 Å². The second-order valence-corrected chi connectivity index (χ2v) is 10.8. The highest BCUT2D eigenvalue weighted by atomic mass is 31.2. The van der Waals surface area contributed by atoms with Crippen LogP contribution in [0.25, 0.3) is 0 Å². The van der Waals surface area contributed by atoms with Gasteiger partial charge in [0.2, 0.25) is 0 Å². The van der Waals surface area contributed by atoms with Gasteiger partial charge in [-0.2, -0.15) is 0 Å². The summed E-state index contributed by atoms with van der Waals surface area (Å²) in [5.41, 5.74) is 0. The molecule has 23 heavy (non-hydrogen) atoms. The Morgan fingerprint density at radius 1 is 0.739 bits per heavy atom. The third kappa shape index (κ3) is 16.3. The van der Waals surface area contributed by atoms with Crippen LogP contribution in [0, 0.1) is 0 Å². The summed E-state index contributed by atoms with van der Waals surface area (Å²) in [4.78, 5) is 9.27. The minimum atomic E-state index is -1.46. The van der Waals surface area contributed by atoms with Crippen molar-refractivity contribution in [2.24, 2.45) is 0 Å². The molecule has 0 spiro atoms. The Kier molecular flexibility index (Phi) is 19.6. The zero-order valence-corrected chi connectivity index (χ0v) is 17.3. The van der Waals surface area contributed by atoms with Crippen molar-refractivity contribution >= 4 is 13.4 Å². The van der Waals surface area contributed by atoms with Gasteiger partial charge in [-0.25, -0.2) is 0 Å². The van der Waals surface area contributed by atoms with Gasteiger partial charge >= 0.3 is 0 Å². The molecule has 0 atom stereocenters. The first-order valence-electron chi connectivity index (χ1n) is 9.70. The maximum absolute atomic E-state index is 9.27. The van der Waals surface area contributed by atoms with Crippen LogP contribution in [0.15, 0.2) is 0 Å². The average molecular weight is 349 g/mol. The fourth-order valence-corrected chi connectivity index (χ4v) is 8.05. The Morgan fingerprint density at radius 2 is 1.04 bits per heavy atom. The maximum atomic E-state index is 9.27. The monoisotopic (exact) mass is 348 g/mol. The van der Waals surface area contributed by atoms with Gasteiger partial charge in [0.25, 0.3) is 6.16 Å². The number of carboxylic acid groups (broad SMARTS) is 1. The third-order valence-electron chi connectivity index (χ3n) is 4.21. The molecule has 140 valence electrons. The minimum absolute atomic E-state index is 0.169. The van der Waals surface area contributed by atoms with E-state index in [-0.39, 0.29) is 6.61 Å². The largest absolute Gasteiger partial charge is 0.550 e. The van der Waals surface area contributed by atoms with Crippen LogP contribution in [-0.2, 0) is 4.74 Å². The summed E-state index contributed by atoms with van der Waals surface area (Å²) < 4.78 is 3.85. The summed E-state index contributed by atoms with van der Waals surface area (Å²) in [6.07, 6.45) is 16.5. The average Bonchev–Trinajstić information content (AvgIpc) is 2.54. The van der Waals surface area contributed by atoms with E-state index in [4.69, 9.17) is 0 Å². The molecule has 0 radical (unpaired) electrons. The van der Waals surface area contributed by atoms with Crippen LogP contribution >= 0.6 is 7.26 Å². The summed E-state index contributed by atoms with van der Waals surface area (Å²) in [5.74, 6) is 0. The van der Waals surface area contributed by atoms with E-state index in [1.807, 2.05) is 0 Å². The van der Waals surface area contributed by atoms with Crippen LogP contribution < -0.4 is 5.11 Å². The molecule has 0 N–H and O–H groups in total. The number of hydrogen-bond donors (Lipinski definition) is 0. The van der Waals surface area contributed by atoms with Gasteiger partial charge in [0.1, 0.15) is 0 Å². The number of hydrogen-bond acceptors (Lipinski definition) is 3. The van der Waals surface area contributed by atoms with Crippen molar-refractivity contribution in [1.82, 2.24) is 0 Å². The van der Waals surface area contributed by atoms with Crippen LogP contribution in [0.2, 0.25) is 0 Å². The lowest BCUT2D eigenvalue weighted by Crippen LogP contribution is -2.23. The quantitative estimate of drug-likeness (QED) is 0.323. The standard InChI is InChI=1S/C16H36P.C3H6O3/c1-5-9-13-17(14-10-6-2,15-11-7-3)16-12-8-4;1-2-6-3(4)5/h5-16H2,1-4H3;2H2,1H3,(H,4,5)/q+1;/p-1. The Labute approximate surface area is 145 Å². The molecule has 0 aliphatic rings. The molecule has 0 amide bonds. The molecule has 0 aromatic heterocycles. The van der Waals surface area contributed by atoms with Gasteiger partial charge in [-0.05, 0) is 32.6 Å². The highest BCUT2D eigenvalue weighted by Crippen LogP contribution is 2.61. The van der Waals surface area contributed by atoms with E-state index in [0.717, 1.165) is 0 Å². The van der Waals surface area contributed by atoms with E-state index in [1.54, 1.807) is 31.6 Å². The lowest BCUT2D eigenvalue weighted by Gasteiger charge is -2.28. The molecule has 0 saturated carbocycles. The molecule has 0 rings (SSSR count). The number of carbonyl (C=O) groups excluding carboxylic acids is 1. The molecule has 0 fully saturated rings. The Morgan fingerprint density at radius 3 is 1.17 bits per heavy atom. The summed E-state index contributed by atoms with van der Waals surface area (Å²) in [5, 5.41) is 9.27. The summed E-state index contributed by atoms with van der Waals surface area (Å²) in [6.45, 7) is 11.2. The fraction of sp³-hybridized carbons (Fsp3) is 0.947. The van der Waals surface area contributed by atoms with Crippen molar-refractivity contribution in [3.8, 4) is 0 Å². The van der Waals surface area contributed by atoms with Gasteiger partial charge in [0.05, 0.1) is 24.6 Å². The van der Waals surface area contributed by atoms with Gasteiger partial charge in [-0.3, -0.25) is 0 Å². The normalized spacial score (nSPS) is 10.8. The van der Waals surface area contributed by atoms with Crippen molar-refractivity contribution < 1.29 is 14.6 Å². The molecule has 0 bridgehead atoms. The predicted octanol–water partition coefficient (Wildman–Crippen LogP) is 5.57. The predicted molar refractivity (Wildman–Crippen MR) is 103 cm³/mol. The molecule has 0 aliphatic carbocycles. The second kappa shape index (κ2) is 18.0. The molecular formula is C19H41O3P. The van der Waals surface area contributed by atoms with Crippen molar-refractivity contribution in [2.75, 3.05) is 31.3 Å². The zero-order chi connectivity index (χ0) is 18.0. The van der Waals surface area contributed by atoms with E-state index in [2.05, 4.69) is 32.4 Å². The van der Waals surface area contributed by atoms with Crippen LogP contribution in [-0.4, -0.2) is 37.4 Å². The molecule has 0 aliphatic heterocycles. The topological polar surface area (TPSA) is 49.4 Å². The van der Waals surface area contributed by atoms with Gasteiger partial charge in [0.15, 0.2) is 0 Å². The number of rotatable bonds is 13. The number of unbranched alkanes of at least 4 members (excludes halogenated alkanes) is 4. The molecule has 4 heteroatoms. The Balaban J connectivity index is 0. The van der Waals surface area contributed by atoms with Crippen molar-refractivity contribution in [1.29, 1.82) is 0 Å². The molecule has 3 nitrogen and oxygen atoms in total. The van der Waals surface area contributed by atoms with E-state index in [1.165, 1.54) is 51.4 Å². The number of carbonyl (C=O) groups is 1. The molecule has 0 heterocycles. The summed E-state index contributed by atoms with van der Waals surface area (Å²) in [6, 6.07) is 0. The van der Waals surface area contributed by atoms with Crippen molar-refractivity contribution in [3.63, 3.8) is 0 Å². The van der Waals surface area contributed by atoms with Gasteiger partial charge in [-0.1, -0.05) is 53.4 Å². The van der Waals surface area contributed by atoms with Crippen LogP contribution in [0.1, 0.15) is 86.0 Å². The van der Waals surface area contributed by atoms with E-state index in [9.17, 15) is 9.90 Å². The summed E-state index contributed by atoms with van der Waals surface area (Å²) in [7, 11) is -0.562.